The fourth-order valence-corrected chi connectivity index (χ4v) is 3.50. The first kappa shape index (κ1) is 15.3. The summed E-state index contributed by atoms with van der Waals surface area (Å²) in [7, 11) is 4.22. The molecule has 2 N–H and O–H groups in total. The summed E-state index contributed by atoms with van der Waals surface area (Å²) < 4.78 is 0. The SMILES string of the molecule is CN(C)C(c1ccc(Cl)cc1)C1CCC(C(N)=O)CC1. The molecule has 110 valence electrons. The quantitative estimate of drug-likeness (QED) is 0.926. The Morgan fingerprint density at radius 2 is 1.75 bits per heavy atom. The van der Waals surface area contributed by atoms with Crippen molar-refractivity contribution in [1.29, 1.82) is 0 Å². The summed E-state index contributed by atoms with van der Waals surface area (Å²) in [4.78, 5) is 13.5. The maximum Gasteiger partial charge on any atom is 0.220 e. The van der Waals surface area contributed by atoms with Gasteiger partial charge in [-0.15, -0.1) is 0 Å². The van der Waals surface area contributed by atoms with E-state index >= 15 is 0 Å². The first-order valence-electron chi connectivity index (χ1n) is 7.20. The van der Waals surface area contributed by atoms with Gasteiger partial charge in [-0.3, -0.25) is 4.79 Å². The van der Waals surface area contributed by atoms with E-state index < -0.39 is 0 Å². The Hall–Kier alpha value is -1.06. The lowest BCUT2D eigenvalue weighted by molar-refractivity contribution is -0.123. The highest BCUT2D eigenvalue weighted by Gasteiger charge is 2.31. The normalized spacial score (nSPS) is 24.6. The molecule has 0 bridgehead atoms. The summed E-state index contributed by atoms with van der Waals surface area (Å²) in [6.07, 6.45) is 3.94. The second-order valence-corrected chi connectivity index (χ2v) is 6.41. The molecule has 0 radical (unpaired) electrons. The van der Waals surface area contributed by atoms with Crippen molar-refractivity contribution < 1.29 is 4.79 Å². The number of rotatable bonds is 4. The van der Waals surface area contributed by atoms with Crippen LogP contribution in [0.4, 0.5) is 0 Å². The van der Waals surface area contributed by atoms with Crippen LogP contribution < -0.4 is 5.73 Å². The minimum absolute atomic E-state index is 0.0688. The standard InChI is InChI=1S/C16H23ClN2O/c1-19(2)15(12-7-9-14(17)10-8-12)11-3-5-13(6-4-11)16(18)20/h7-11,13,15H,3-6H2,1-2H3,(H2,18,20). The van der Waals surface area contributed by atoms with Crippen LogP contribution >= 0.6 is 11.6 Å². The Labute approximate surface area is 126 Å². The number of carbonyl (C=O) groups is 1. The maximum absolute atomic E-state index is 11.3. The smallest absolute Gasteiger partial charge is 0.220 e. The lowest BCUT2D eigenvalue weighted by atomic mass is 9.76. The van der Waals surface area contributed by atoms with E-state index in [0.29, 0.717) is 12.0 Å². The highest BCUT2D eigenvalue weighted by Crippen LogP contribution is 2.39. The molecule has 1 amide bonds. The molecule has 1 aliphatic rings. The number of benzene rings is 1. The van der Waals surface area contributed by atoms with Crippen molar-refractivity contribution in [3.05, 3.63) is 34.9 Å². The second kappa shape index (κ2) is 6.59. The molecule has 1 aromatic rings. The molecule has 20 heavy (non-hydrogen) atoms. The molecular weight excluding hydrogens is 272 g/mol. The van der Waals surface area contributed by atoms with Crippen LogP contribution in [0.3, 0.4) is 0 Å². The molecule has 0 saturated heterocycles. The minimum Gasteiger partial charge on any atom is -0.369 e. The fraction of sp³-hybridized carbons (Fsp3) is 0.562. The molecule has 0 aromatic heterocycles. The largest absolute Gasteiger partial charge is 0.369 e. The molecule has 1 fully saturated rings. The Morgan fingerprint density at radius 3 is 2.20 bits per heavy atom. The van der Waals surface area contributed by atoms with Crippen LogP contribution in [0.15, 0.2) is 24.3 Å². The zero-order valence-electron chi connectivity index (χ0n) is 12.2. The third-order valence-corrected chi connectivity index (χ3v) is 4.64. The van der Waals surface area contributed by atoms with Crippen molar-refractivity contribution in [3.63, 3.8) is 0 Å². The van der Waals surface area contributed by atoms with Gasteiger partial charge < -0.3 is 10.6 Å². The van der Waals surface area contributed by atoms with Crippen LogP contribution in [-0.2, 0) is 4.79 Å². The molecule has 1 aromatic carbocycles. The summed E-state index contributed by atoms with van der Waals surface area (Å²) >= 11 is 5.97. The molecule has 3 nitrogen and oxygen atoms in total. The highest BCUT2D eigenvalue weighted by atomic mass is 35.5. The van der Waals surface area contributed by atoms with E-state index in [1.54, 1.807) is 0 Å². The molecule has 2 rings (SSSR count). The van der Waals surface area contributed by atoms with E-state index in [0.717, 1.165) is 30.7 Å². The Morgan fingerprint density at radius 1 is 1.20 bits per heavy atom. The summed E-state index contributed by atoms with van der Waals surface area (Å²) in [5, 5.41) is 0.767. The Bertz CT molecular complexity index is 450. The number of hydrogen-bond donors (Lipinski definition) is 1. The van der Waals surface area contributed by atoms with Gasteiger partial charge in [-0.1, -0.05) is 23.7 Å². The van der Waals surface area contributed by atoms with Gasteiger partial charge in [-0.25, -0.2) is 0 Å². The van der Waals surface area contributed by atoms with E-state index in [9.17, 15) is 4.79 Å². The average Bonchev–Trinajstić information content (AvgIpc) is 2.41. The topological polar surface area (TPSA) is 46.3 Å². The summed E-state index contributed by atoms with van der Waals surface area (Å²) in [6.45, 7) is 0. The van der Waals surface area contributed by atoms with Gasteiger partial charge in [0.2, 0.25) is 5.91 Å². The number of carbonyl (C=O) groups excluding carboxylic acids is 1. The van der Waals surface area contributed by atoms with Crippen LogP contribution in [0.2, 0.25) is 5.02 Å². The number of primary amides is 1. The number of halogens is 1. The van der Waals surface area contributed by atoms with Crippen LogP contribution in [-0.4, -0.2) is 24.9 Å². The summed E-state index contributed by atoms with van der Waals surface area (Å²) in [5.74, 6) is 0.498. The first-order valence-corrected chi connectivity index (χ1v) is 7.58. The Kier molecular flexibility index (Phi) is 5.06. The number of nitrogens with zero attached hydrogens (tertiary/aromatic N) is 1. The zero-order chi connectivity index (χ0) is 14.7. The lowest BCUT2D eigenvalue weighted by Gasteiger charge is -2.37. The van der Waals surface area contributed by atoms with E-state index in [1.165, 1.54) is 5.56 Å². The van der Waals surface area contributed by atoms with E-state index in [2.05, 4.69) is 31.1 Å². The first-order chi connectivity index (χ1) is 9.49. The average molecular weight is 295 g/mol. The van der Waals surface area contributed by atoms with Crippen molar-refractivity contribution in [2.24, 2.45) is 17.6 Å². The molecule has 0 spiro atoms. The van der Waals surface area contributed by atoms with Gasteiger partial charge in [0.05, 0.1) is 0 Å². The van der Waals surface area contributed by atoms with Crippen LogP contribution in [0.5, 0.6) is 0 Å². The summed E-state index contributed by atoms with van der Waals surface area (Å²) in [5.41, 5.74) is 6.71. The molecule has 0 heterocycles. The molecule has 0 aliphatic heterocycles. The monoisotopic (exact) mass is 294 g/mol. The van der Waals surface area contributed by atoms with Gasteiger partial charge in [0.25, 0.3) is 0 Å². The highest BCUT2D eigenvalue weighted by molar-refractivity contribution is 6.30. The van der Waals surface area contributed by atoms with Crippen molar-refractivity contribution >= 4 is 17.5 Å². The van der Waals surface area contributed by atoms with Gasteiger partial charge in [-0.2, -0.15) is 0 Å². The maximum atomic E-state index is 11.3. The van der Waals surface area contributed by atoms with Crippen molar-refractivity contribution in [1.82, 2.24) is 4.90 Å². The zero-order valence-corrected chi connectivity index (χ0v) is 12.9. The predicted octanol–water partition coefficient (Wildman–Crippen LogP) is 3.23. The van der Waals surface area contributed by atoms with E-state index in [1.807, 2.05) is 12.1 Å². The molecule has 1 aliphatic carbocycles. The van der Waals surface area contributed by atoms with Gasteiger partial charge in [0.1, 0.15) is 0 Å². The van der Waals surface area contributed by atoms with Crippen LogP contribution in [0, 0.1) is 11.8 Å². The van der Waals surface area contributed by atoms with Crippen molar-refractivity contribution in [2.75, 3.05) is 14.1 Å². The van der Waals surface area contributed by atoms with E-state index in [4.69, 9.17) is 17.3 Å². The van der Waals surface area contributed by atoms with Crippen molar-refractivity contribution in [3.8, 4) is 0 Å². The number of nitrogens with two attached hydrogens (primary N) is 1. The number of hydrogen-bond acceptors (Lipinski definition) is 2. The van der Waals surface area contributed by atoms with Gasteiger partial charge in [0.15, 0.2) is 0 Å². The summed E-state index contributed by atoms with van der Waals surface area (Å²) in [6, 6.07) is 8.48. The number of amides is 1. The second-order valence-electron chi connectivity index (χ2n) is 5.97. The van der Waals surface area contributed by atoms with Gasteiger partial charge in [-0.05, 0) is 63.4 Å². The molecule has 4 heteroatoms. The Balaban J connectivity index is 2.10. The molecule has 1 atom stereocenters. The van der Waals surface area contributed by atoms with Crippen LogP contribution in [0.1, 0.15) is 37.3 Å². The van der Waals surface area contributed by atoms with E-state index in [-0.39, 0.29) is 11.8 Å². The third kappa shape index (κ3) is 3.53. The van der Waals surface area contributed by atoms with Gasteiger partial charge in [0, 0.05) is 17.0 Å². The molecular formula is C16H23ClN2O. The molecule has 1 unspecified atom stereocenters. The lowest BCUT2D eigenvalue weighted by Crippen LogP contribution is -2.33. The fourth-order valence-electron chi connectivity index (χ4n) is 3.37. The third-order valence-electron chi connectivity index (χ3n) is 4.39. The predicted molar refractivity (Wildman–Crippen MR) is 82.5 cm³/mol. The van der Waals surface area contributed by atoms with Gasteiger partial charge >= 0.3 is 0 Å². The van der Waals surface area contributed by atoms with Crippen molar-refractivity contribution in [2.45, 2.75) is 31.7 Å². The minimum atomic E-state index is -0.142. The van der Waals surface area contributed by atoms with Crippen LogP contribution in [0.25, 0.3) is 0 Å². The molecule has 1 saturated carbocycles.